The Hall–Kier alpha value is -2.75. The Labute approximate surface area is 179 Å². The van der Waals surface area contributed by atoms with E-state index in [4.69, 9.17) is 11.6 Å². The van der Waals surface area contributed by atoms with Crippen molar-refractivity contribution in [2.45, 2.75) is 18.7 Å². The molecule has 2 aromatic rings. The third kappa shape index (κ3) is 3.71. The van der Waals surface area contributed by atoms with Crippen molar-refractivity contribution in [2.24, 2.45) is 0 Å². The molecule has 8 nitrogen and oxygen atoms in total. The van der Waals surface area contributed by atoms with E-state index >= 15 is 0 Å². The van der Waals surface area contributed by atoms with E-state index in [-0.39, 0.29) is 45.4 Å². The standard InChI is InChI=1S/C20H20ClN3O5S/c1-4-24(5-2)30(28,29)17-11-13(7-9-16(17)21)22-18(25)12-6-8-14-15(10-12)20(27)23(3)19(14)26/h6-11H,4-5H2,1-3H3,(H,22,25). The maximum atomic E-state index is 12.8. The summed E-state index contributed by atoms with van der Waals surface area (Å²) in [6.07, 6.45) is 0. The summed E-state index contributed by atoms with van der Waals surface area (Å²) >= 11 is 6.11. The molecule has 10 heteroatoms. The quantitative estimate of drug-likeness (QED) is 0.683. The van der Waals surface area contributed by atoms with E-state index < -0.39 is 27.7 Å². The van der Waals surface area contributed by atoms with Crippen LogP contribution in [-0.2, 0) is 10.0 Å². The van der Waals surface area contributed by atoms with Gasteiger partial charge in [0.1, 0.15) is 4.90 Å². The summed E-state index contributed by atoms with van der Waals surface area (Å²) < 4.78 is 26.9. The highest BCUT2D eigenvalue weighted by Gasteiger charge is 2.33. The van der Waals surface area contributed by atoms with E-state index in [2.05, 4.69) is 5.32 Å². The molecule has 2 aromatic carbocycles. The van der Waals surface area contributed by atoms with Crippen LogP contribution >= 0.6 is 11.6 Å². The van der Waals surface area contributed by atoms with Gasteiger partial charge in [-0.25, -0.2) is 8.42 Å². The molecule has 3 amide bonds. The van der Waals surface area contributed by atoms with Crippen molar-refractivity contribution in [1.82, 2.24) is 9.21 Å². The highest BCUT2D eigenvalue weighted by atomic mass is 35.5. The lowest BCUT2D eigenvalue weighted by molar-refractivity contribution is 0.0693. The molecule has 1 heterocycles. The summed E-state index contributed by atoms with van der Waals surface area (Å²) in [7, 11) is -2.45. The number of hydrogen-bond donors (Lipinski definition) is 1. The molecule has 158 valence electrons. The summed E-state index contributed by atoms with van der Waals surface area (Å²) in [5, 5.41) is 2.66. The van der Waals surface area contributed by atoms with Gasteiger partial charge in [0.2, 0.25) is 10.0 Å². The van der Waals surface area contributed by atoms with Crippen LogP contribution in [0.5, 0.6) is 0 Å². The smallest absolute Gasteiger partial charge is 0.261 e. The van der Waals surface area contributed by atoms with Gasteiger partial charge in [-0.1, -0.05) is 25.4 Å². The van der Waals surface area contributed by atoms with Crippen LogP contribution in [0.15, 0.2) is 41.3 Å². The molecule has 30 heavy (non-hydrogen) atoms. The summed E-state index contributed by atoms with van der Waals surface area (Å²) in [6, 6.07) is 8.38. The first-order chi connectivity index (χ1) is 14.1. The molecule has 0 unspecified atom stereocenters. The SMILES string of the molecule is CCN(CC)S(=O)(=O)c1cc(NC(=O)c2ccc3c(c2)C(=O)N(C)C3=O)ccc1Cl. The second-order valence-electron chi connectivity index (χ2n) is 6.62. The molecule has 1 aliphatic rings. The highest BCUT2D eigenvalue weighted by Crippen LogP contribution is 2.28. The lowest BCUT2D eigenvalue weighted by Gasteiger charge is -2.19. The van der Waals surface area contributed by atoms with Crippen LogP contribution in [-0.4, -0.2) is 55.5 Å². The summed E-state index contributed by atoms with van der Waals surface area (Å²) in [4.78, 5) is 37.7. The lowest BCUT2D eigenvalue weighted by atomic mass is 10.1. The minimum absolute atomic E-state index is 0.0459. The van der Waals surface area contributed by atoms with Crippen LogP contribution in [0.2, 0.25) is 5.02 Å². The zero-order valence-electron chi connectivity index (χ0n) is 16.6. The number of amides is 3. The largest absolute Gasteiger partial charge is 0.322 e. The number of halogens is 1. The minimum Gasteiger partial charge on any atom is -0.322 e. The maximum absolute atomic E-state index is 12.8. The van der Waals surface area contributed by atoms with Gasteiger partial charge in [0.05, 0.1) is 16.1 Å². The Kier molecular flexibility index (Phi) is 5.98. The van der Waals surface area contributed by atoms with E-state index in [1.54, 1.807) is 13.8 Å². The third-order valence-corrected chi connectivity index (χ3v) is 7.40. The van der Waals surface area contributed by atoms with Gasteiger partial charge >= 0.3 is 0 Å². The van der Waals surface area contributed by atoms with Crippen LogP contribution in [0.4, 0.5) is 5.69 Å². The fourth-order valence-corrected chi connectivity index (χ4v) is 5.15. The molecule has 0 fully saturated rings. The number of nitrogens with one attached hydrogen (secondary N) is 1. The van der Waals surface area contributed by atoms with Gasteiger partial charge in [0.25, 0.3) is 17.7 Å². The molecule has 1 aliphatic heterocycles. The van der Waals surface area contributed by atoms with Gasteiger partial charge in [0.15, 0.2) is 0 Å². The first kappa shape index (κ1) is 21.9. The van der Waals surface area contributed by atoms with E-state index in [1.807, 2.05) is 0 Å². The minimum atomic E-state index is -3.82. The molecule has 0 saturated heterocycles. The zero-order valence-corrected chi connectivity index (χ0v) is 18.2. The Morgan fingerprint density at radius 2 is 1.67 bits per heavy atom. The second-order valence-corrected chi connectivity index (χ2v) is 8.93. The first-order valence-corrected chi connectivity index (χ1v) is 11.0. The Bertz CT molecular complexity index is 1160. The molecule has 0 aromatic heterocycles. The van der Waals surface area contributed by atoms with Crippen molar-refractivity contribution in [1.29, 1.82) is 0 Å². The Morgan fingerprint density at radius 1 is 1.03 bits per heavy atom. The average molecular weight is 450 g/mol. The van der Waals surface area contributed by atoms with E-state index in [1.165, 1.54) is 47.8 Å². The molecule has 1 N–H and O–H groups in total. The van der Waals surface area contributed by atoms with Crippen molar-refractivity contribution in [3.05, 3.63) is 58.1 Å². The van der Waals surface area contributed by atoms with Crippen molar-refractivity contribution < 1.29 is 22.8 Å². The number of anilines is 1. The number of fused-ring (bicyclic) bond motifs is 1. The molecule has 3 rings (SSSR count). The summed E-state index contributed by atoms with van der Waals surface area (Å²) in [5.41, 5.74) is 0.776. The Balaban J connectivity index is 1.91. The zero-order chi connectivity index (χ0) is 22.2. The molecule has 0 saturated carbocycles. The van der Waals surface area contributed by atoms with Gasteiger partial charge in [-0.2, -0.15) is 4.31 Å². The highest BCUT2D eigenvalue weighted by molar-refractivity contribution is 7.89. The average Bonchev–Trinajstić information content (AvgIpc) is 2.93. The number of hydrogen-bond acceptors (Lipinski definition) is 5. The predicted molar refractivity (Wildman–Crippen MR) is 112 cm³/mol. The van der Waals surface area contributed by atoms with Crippen molar-refractivity contribution in [3.8, 4) is 0 Å². The van der Waals surface area contributed by atoms with Gasteiger partial charge in [-0.15, -0.1) is 0 Å². The van der Waals surface area contributed by atoms with Crippen LogP contribution in [0.3, 0.4) is 0 Å². The van der Waals surface area contributed by atoms with Gasteiger partial charge in [0, 0.05) is 31.4 Å². The normalized spacial score (nSPS) is 13.7. The van der Waals surface area contributed by atoms with E-state index in [0.29, 0.717) is 0 Å². The van der Waals surface area contributed by atoms with Crippen LogP contribution in [0, 0.1) is 0 Å². The number of imide groups is 1. The third-order valence-electron chi connectivity index (χ3n) is 4.86. The van der Waals surface area contributed by atoms with Gasteiger partial charge < -0.3 is 5.32 Å². The molecule has 0 bridgehead atoms. The number of rotatable bonds is 6. The molecule has 0 radical (unpaired) electrons. The van der Waals surface area contributed by atoms with Crippen LogP contribution in [0.1, 0.15) is 44.9 Å². The van der Waals surface area contributed by atoms with Crippen molar-refractivity contribution in [3.63, 3.8) is 0 Å². The summed E-state index contributed by atoms with van der Waals surface area (Å²) in [6.45, 7) is 4.00. The monoisotopic (exact) mass is 449 g/mol. The fourth-order valence-electron chi connectivity index (χ4n) is 3.19. The molecule has 0 spiro atoms. The number of benzene rings is 2. The number of nitrogens with zero attached hydrogens (tertiary/aromatic N) is 2. The van der Waals surface area contributed by atoms with E-state index in [0.717, 1.165) is 4.90 Å². The number of carbonyl (C=O) groups is 3. The molecule has 0 atom stereocenters. The number of sulfonamides is 1. The first-order valence-electron chi connectivity index (χ1n) is 9.19. The van der Waals surface area contributed by atoms with Gasteiger partial charge in [-0.3, -0.25) is 19.3 Å². The molecule has 0 aliphatic carbocycles. The fraction of sp³-hybridized carbons (Fsp3) is 0.250. The lowest BCUT2D eigenvalue weighted by Crippen LogP contribution is -2.30. The van der Waals surface area contributed by atoms with Gasteiger partial charge in [-0.05, 0) is 36.4 Å². The second kappa shape index (κ2) is 8.17. The van der Waals surface area contributed by atoms with Crippen molar-refractivity contribution >= 4 is 45.0 Å². The molecular weight excluding hydrogens is 430 g/mol. The van der Waals surface area contributed by atoms with E-state index in [9.17, 15) is 22.8 Å². The predicted octanol–water partition coefficient (Wildman–Crippen LogP) is 2.85. The molecular formula is C20H20ClN3O5S. The van der Waals surface area contributed by atoms with Crippen LogP contribution < -0.4 is 5.32 Å². The maximum Gasteiger partial charge on any atom is 0.261 e. The van der Waals surface area contributed by atoms with Crippen LogP contribution in [0.25, 0.3) is 0 Å². The number of carbonyl (C=O) groups excluding carboxylic acids is 3. The topological polar surface area (TPSA) is 104 Å². The van der Waals surface area contributed by atoms with Crippen molar-refractivity contribution in [2.75, 3.05) is 25.5 Å². The summed E-state index contributed by atoms with van der Waals surface area (Å²) in [5.74, 6) is -1.46. The Morgan fingerprint density at radius 3 is 2.30 bits per heavy atom.